The van der Waals surface area contributed by atoms with E-state index < -0.39 is 35.3 Å². The summed E-state index contributed by atoms with van der Waals surface area (Å²) in [4.78, 5) is 0. The van der Waals surface area contributed by atoms with Crippen LogP contribution in [0, 0.1) is 0 Å². The smallest absolute Gasteiger partial charge is 0.437 e. The van der Waals surface area contributed by atoms with Crippen molar-refractivity contribution in [3.05, 3.63) is 45.6 Å². The van der Waals surface area contributed by atoms with Gasteiger partial charge in [-0.3, -0.25) is 0 Å². The van der Waals surface area contributed by atoms with E-state index in [0.29, 0.717) is 15.0 Å². The maximum atomic E-state index is 14.0. The Morgan fingerprint density at radius 3 is 1.56 bits per heavy atom. The largest absolute Gasteiger partial charge is 0.503 e. The Hall–Kier alpha value is -3.09. The highest BCUT2D eigenvalue weighted by molar-refractivity contribution is 9.10. The van der Waals surface area contributed by atoms with Gasteiger partial charge in [-0.1, -0.05) is 0 Å². The summed E-state index contributed by atoms with van der Waals surface area (Å²) in [5.41, 5.74) is -8.04. The molecule has 0 fully saturated rings. The fourth-order valence-electron chi connectivity index (χ4n) is 2.94. The standard InChI is InChI=1S/C10H6BrF7N4O.C7H7BrN4O/c1-21-7(22-3-4(11)2-19-22)5(23)6(20-21)8(12,9(13,14)15)10(16,17)18;1-11-7(6(13)3-9-11)12-4-5(8)2-10-12/h2-3,23H,1H3;2-4,13H,1H3. The lowest BCUT2D eigenvalue weighted by molar-refractivity contribution is -0.350. The van der Waals surface area contributed by atoms with Crippen LogP contribution in [0.5, 0.6) is 11.5 Å². The van der Waals surface area contributed by atoms with Crippen LogP contribution in [0.2, 0.25) is 0 Å². The van der Waals surface area contributed by atoms with Gasteiger partial charge in [0.2, 0.25) is 0 Å². The average Bonchev–Trinajstić information content (AvgIpc) is 3.50. The number of hydrogen-bond donors (Lipinski definition) is 2. The average molecular weight is 654 g/mol. The number of halogens is 9. The van der Waals surface area contributed by atoms with Crippen LogP contribution in [0.3, 0.4) is 0 Å². The summed E-state index contributed by atoms with van der Waals surface area (Å²) in [5, 5.41) is 33.6. The highest BCUT2D eigenvalue weighted by Gasteiger charge is 2.76. The SMILES string of the molecule is Cn1nc(C(F)(C(F)(F)F)C(F)(F)F)c(O)c1-n1cc(Br)cn1.Cn1ncc(O)c1-n1cc(Br)cn1. The van der Waals surface area contributed by atoms with E-state index in [1.165, 1.54) is 6.20 Å². The van der Waals surface area contributed by atoms with Gasteiger partial charge in [0, 0.05) is 26.5 Å². The Labute approximate surface area is 212 Å². The molecule has 0 aliphatic carbocycles. The predicted molar refractivity (Wildman–Crippen MR) is 114 cm³/mol. The maximum Gasteiger partial charge on any atom is 0.437 e. The number of aryl methyl sites for hydroxylation is 2. The van der Waals surface area contributed by atoms with Gasteiger partial charge in [-0.05, 0) is 31.9 Å². The lowest BCUT2D eigenvalue weighted by atomic mass is 10.00. The minimum atomic E-state index is -6.38. The molecule has 4 rings (SSSR count). The Balaban J connectivity index is 0.000000233. The number of aromatic nitrogens is 8. The van der Waals surface area contributed by atoms with Gasteiger partial charge >= 0.3 is 18.0 Å². The van der Waals surface area contributed by atoms with Crippen molar-refractivity contribution in [3.8, 4) is 23.1 Å². The van der Waals surface area contributed by atoms with Gasteiger partial charge in [0.05, 0.1) is 27.5 Å². The zero-order valence-electron chi connectivity index (χ0n) is 17.8. The summed E-state index contributed by atoms with van der Waals surface area (Å²) in [5.74, 6) is -1.63. The molecule has 4 aromatic heterocycles. The summed E-state index contributed by atoms with van der Waals surface area (Å²) in [7, 11) is 2.67. The lowest BCUT2D eigenvalue weighted by Crippen LogP contribution is -2.50. The molecule has 0 amide bonds. The maximum absolute atomic E-state index is 14.0. The first kappa shape index (κ1) is 27.5. The molecule has 0 aliphatic rings. The molecule has 0 radical (unpaired) electrons. The molecule has 36 heavy (non-hydrogen) atoms. The second-order valence-corrected chi connectivity index (χ2v) is 8.81. The highest BCUT2D eigenvalue weighted by atomic mass is 79.9. The van der Waals surface area contributed by atoms with Gasteiger partial charge in [0.1, 0.15) is 0 Å². The van der Waals surface area contributed by atoms with Crippen LogP contribution in [0.25, 0.3) is 11.6 Å². The summed E-state index contributed by atoms with van der Waals surface area (Å²) < 4.78 is 95.8. The number of rotatable bonds is 3. The molecular formula is C17H13Br2F7N8O2. The van der Waals surface area contributed by atoms with E-state index in [1.54, 1.807) is 28.8 Å². The minimum absolute atomic E-state index is 0.109. The Morgan fingerprint density at radius 1 is 0.722 bits per heavy atom. The van der Waals surface area contributed by atoms with E-state index in [-0.39, 0.29) is 5.75 Å². The van der Waals surface area contributed by atoms with Crippen LogP contribution in [-0.4, -0.2) is 61.7 Å². The molecule has 0 unspecified atom stereocenters. The Bertz CT molecular complexity index is 1340. The second-order valence-electron chi connectivity index (χ2n) is 6.98. The van der Waals surface area contributed by atoms with Crippen molar-refractivity contribution in [2.75, 3.05) is 0 Å². The Morgan fingerprint density at radius 2 is 1.19 bits per heavy atom. The van der Waals surface area contributed by atoms with E-state index >= 15 is 0 Å². The topological polar surface area (TPSA) is 112 Å². The molecule has 196 valence electrons. The van der Waals surface area contributed by atoms with Crippen LogP contribution in [-0.2, 0) is 19.8 Å². The fourth-order valence-corrected chi connectivity index (χ4v) is 3.51. The predicted octanol–water partition coefficient (Wildman–Crippen LogP) is 4.44. The molecule has 4 heterocycles. The van der Waals surface area contributed by atoms with Gasteiger partial charge in [0.25, 0.3) is 0 Å². The molecule has 0 saturated heterocycles. The van der Waals surface area contributed by atoms with Crippen LogP contribution >= 0.6 is 31.9 Å². The zero-order valence-corrected chi connectivity index (χ0v) is 20.9. The van der Waals surface area contributed by atoms with Gasteiger partial charge in [0.15, 0.2) is 28.8 Å². The molecule has 0 spiro atoms. The normalized spacial score (nSPS) is 12.5. The first-order valence-electron chi connectivity index (χ1n) is 9.19. The third kappa shape index (κ3) is 4.80. The Kier molecular flexibility index (Phi) is 7.19. The number of alkyl halides is 7. The van der Waals surface area contributed by atoms with Crippen molar-refractivity contribution >= 4 is 31.9 Å². The molecular weight excluding hydrogens is 641 g/mol. The van der Waals surface area contributed by atoms with E-state index in [0.717, 1.165) is 28.6 Å². The van der Waals surface area contributed by atoms with Gasteiger partial charge in [-0.2, -0.15) is 46.7 Å². The summed E-state index contributed by atoms with van der Waals surface area (Å²) in [6.45, 7) is 0. The van der Waals surface area contributed by atoms with Crippen LogP contribution in [0.4, 0.5) is 30.7 Å². The van der Waals surface area contributed by atoms with Crippen LogP contribution in [0.1, 0.15) is 5.69 Å². The quantitative estimate of drug-likeness (QED) is 0.317. The molecule has 19 heteroatoms. The third-order valence-electron chi connectivity index (χ3n) is 4.53. The van der Waals surface area contributed by atoms with Crippen molar-refractivity contribution in [3.63, 3.8) is 0 Å². The monoisotopic (exact) mass is 652 g/mol. The molecule has 0 aromatic carbocycles. The molecule has 0 bridgehead atoms. The molecule has 2 N–H and O–H groups in total. The minimum Gasteiger partial charge on any atom is -0.503 e. The first-order chi connectivity index (χ1) is 16.5. The van der Waals surface area contributed by atoms with Gasteiger partial charge < -0.3 is 10.2 Å². The first-order valence-corrected chi connectivity index (χ1v) is 10.8. The number of aromatic hydroxyl groups is 2. The van der Waals surface area contributed by atoms with E-state index in [1.807, 2.05) is 0 Å². The molecule has 0 aliphatic heterocycles. The van der Waals surface area contributed by atoms with Crippen molar-refractivity contribution in [1.29, 1.82) is 0 Å². The van der Waals surface area contributed by atoms with Gasteiger partial charge in [-0.15, -0.1) is 0 Å². The van der Waals surface area contributed by atoms with Crippen molar-refractivity contribution < 1.29 is 40.9 Å². The highest BCUT2D eigenvalue weighted by Crippen LogP contribution is 2.55. The molecule has 0 atom stereocenters. The third-order valence-corrected chi connectivity index (χ3v) is 5.34. The van der Waals surface area contributed by atoms with Crippen molar-refractivity contribution in [1.82, 2.24) is 39.1 Å². The summed E-state index contributed by atoms with van der Waals surface area (Å²) in [6, 6.07) is 0. The van der Waals surface area contributed by atoms with Crippen molar-refractivity contribution in [2.45, 2.75) is 18.0 Å². The zero-order chi connectivity index (χ0) is 27.2. The van der Waals surface area contributed by atoms with Crippen LogP contribution < -0.4 is 0 Å². The lowest BCUT2D eigenvalue weighted by Gasteiger charge is -2.28. The van der Waals surface area contributed by atoms with Crippen molar-refractivity contribution in [2.24, 2.45) is 14.1 Å². The number of nitrogens with zero attached hydrogens (tertiary/aromatic N) is 8. The molecule has 4 aromatic rings. The number of hydrogen-bond acceptors (Lipinski definition) is 6. The van der Waals surface area contributed by atoms with Crippen LogP contribution in [0.15, 0.2) is 39.9 Å². The fraction of sp³-hybridized carbons (Fsp3) is 0.294. The van der Waals surface area contributed by atoms with E-state index in [2.05, 4.69) is 52.3 Å². The van der Waals surface area contributed by atoms with E-state index in [9.17, 15) is 40.9 Å². The second kappa shape index (κ2) is 9.41. The van der Waals surface area contributed by atoms with E-state index in [4.69, 9.17) is 0 Å². The summed E-state index contributed by atoms with van der Waals surface area (Å²) in [6.07, 6.45) is -5.70. The summed E-state index contributed by atoms with van der Waals surface area (Å²) >= 11 is 6.23. The van der Waals surface area contributed by atoms with Gasteiger partial charge in [-0.25, -0.2) is 23.1 Å². The molecule has 0 saturated carbocycles. The molecule has 10 nitrogen and oxygen atoms in total.